The molecular formula is C20H21N5O3S. The molecule has 1 aliphatic heterocycles. The van der Waals surface area contributed by atoms with Gasteiger partial charge in [0.25, 0.3) is 0 Å². The first-order valence-electron chi connectivity index (χ1n) is 9.01. The van der Waals surface area contributed by atoms with Crippen molar-refractivity contribution in [2.24, 2.45) is 17.3 Å². The Bertz CT molecular complexity index is 1200. The van der Waals surface area contributed by atoms with Crippen molar-refractivity contribution >= 4 is 21.4 Å². The average Bonchev–Trinajstić information content (AvgIpc) is 3.24. The van der Waals surface area contributed by atoms with Gasteiger partial charge in [-0.3, -0.25) is 9.69 Å². The summed E-state index contributed by atoms with van der Waals surface area (Å²) >= 11 is 0. The van der Waals surface area contributed by atoms with Crippen molar-refractivity contribution in [3.05, 3.63) is 71.5 Å². The quantitative estimate of drug-likeness (QED) is 0.684. The molecule has 29 heavy (non-hydrogen) atoms. The summed E-state index contributed by atoms with van der Waals surface area (Å²) in [5, 5.41) is 26.1. The molecule has 0 amide bonds. The number of hydrogen-bond donors (Lipinski definition) is 2. The molecule has 1 aromatic heterocycles. The van der Waals surface area contributed by atoms with Gasteiger partial charge in [0.15, 0.2) is 0 Å². The lowest BCUT2D eigenvalue weighted by atomic mass is 9.98. The Morgan fingerprint density at radius 2 is 1.90 bits per heavy atom. The largest absolute Gasteiger partial charge is 0.508 e. The molecule has 2 heterocycles. The van der Waals surface area contributed by atoms with Crippen LogP contribution in [0.1, 0.15) is 29.3 Å². The number of aromatic nitrogens is 2. The van der Waals surface area contributed by atoms with E-state index in [1.54, 1.807) is 35.0 Å². The normalized spacial score (nSPS) is 16.9. The number of hydrogen-bond acceptors (Lipinski definition) is 6. The summed E-state index contributed by atoms with van der Waals surface area (Å²) in [6, 6.07) is 13.2. The Morgan fingerprint density at radius 1 is 1.17 bits per heavy atom. The van der Waals surface area contributed by atoms with Crippen LogP contribution in [0.2, 0.25) is 0 Å². The lowest BCUT2D eigenvalue weighted by Crippen LogP contribution is -2.19. The molecule has 8 nitrogen and oxygen atoms in total. The number of nitrogens with two attached hydrogens (primary N) is 1. The van der Waals surface area contributed by atoms with Crippen LogP contribution in [-0.2, 0) is 17.1 Å². The second-order valence-corrected chi connectivity index (χ2v) is 8.61. The van der Waals surface area contributed by atoms with E-state index in [0.717, 1.165) is 28.2 Å². The van der Waals surface area contributed by atoms with Gasteiger partial charge >= 0.3 is 0 Å². The topological polar surface area (TPSA) is 114 Å². The highest BCUT2D eigenvalue weighted by Crippen LogP contribution is 2.38. The monoisotopic (exact) mass is 411 g/mol. The summed E-state index contributed by atoms with van der Waals surface area (Å²) in [4.78, 5) is 0.0479. The maximum Gasteiger partial charge on any atom is 0.238 e. The van der Waals surface area contributed by atoms with Crippen LogP contribution in [0, 0.1) is 6.92 Å². The number of phenolic OH excluding ortho intramolecular Hbond substituents is 1. The molecule has 1 aliphatic rings. The van der Waals surface area contributed by atoms with E-state index in [0.29, 0.717) is 6.42 Å². The molecule has 4 rings (SSSR count). The Kier molecular flexibility index (Phi) is 4.64. The summed E-state index contributed by atoms with van der Waals surface area (Å²) in [6.45, 7) is 1.95. The number of sulfonamides is 1. The van der Waals surface area contributed by atoms with Crippen molar-refractivity contribution in [1.82, 2.24) is 9.78 Å². The summed E-state index contributed by atoms with van der Waals surface area (Å²) in [6.07, 6.45) is 2.58. The number of phenols is 1. The smallest absolute Gasteiger partial charge is 0.238 e. The summed E-state index contributed by atoms with van der Waals surface area (Å²) in [7, 11) is -1.90. The zero-order chi connectivity index (χ0) is 20.8. The molecule has 150 valence electrons. The van der Waals surface area contributed by atoms with E-state index < -0.39 is 10.0 Å². The van der Waals surface area contributed by atoms with Gasteiger partial charge in [-0.05, 0) is 43.3 Å². The fourth-order valence-corrected chi connectivity index (χ4v) is 4.10. The van der Waals surface area contributed by atoms with Crippen molar-refractivity contribution in [3.8, 4) is 5.75 Å². The third kappa shape index (κ3) is 3.74. The van der Waals surface area contributed by atoms with Crippen LogP contribution in [0.3, 0.4) is 0 Å². The van der Waals surface area contributed by atoms with Crippen LogP contribution >= 0.6 is 0 Å². The number of nitrogens with zero attached hydrogens (tertiary/aromatic N) is 4. The molecule has 3 aromatic rings. The van der Waals surface area contributed by atoms with Crippen LogP contribution < -0.4 is 10.1 Å². The minimum atomic E-state index is -3.77. The van der Waals surface area contributed by atoms with Crippen molar-refractivity contribution in [2.45, 2.75) is 24.3 Å². The molecule has 0 bridgehead atoms. The first kappa shape index (κ1) is 19.2. The molecular weight excluding hydrogens is 390 g/mol. The van der Waals surface area contributed by atoms with E-state index in [2.05, 4.69) is 5.10 Å². The fourth-order valence-electron chi connectivity index (χ4n) is 3.58. The van der Waals surface area contributed by atoms with Crippen LogP contribution in [0.5, 0.6) is 5.75 Å². The minimum absolute atomic E-state index is 0.0479. The lowest BCUT2D eigenvalue weighted by molar-refractivity contribution is 0.475. The zero-order valence-electron chi connectivity index (χ0n) is 16.0. The summed E-state index contributed by atoms with van der Waals surface area (Å²) < 4.78 is 24.9. The third-order valence-corrected chi connectivity index (χ3v) is 5.86. The molecule has 0 spiro atoms. The van der Waals surface area contributed by atoms with Gasteiger partial charge < -0.3 is 5.11 Å². The van der Waals surface area contributed by atoms with E-state index in [9.17, 15) is 13.5 Å². The number of rotatable bonds is 4. The maximum atomic E-state index is 11.6. The molecule has 0 radical (unpaired) electrons. The van der Waals surface area contributed by atoms with Crippen molar-refractivity contribution in [1.29, 1.82) is 0 Å². The predicted molar refractivity (Wildman–Crippen MR) is 110 cm³/mol. The van der Waals surface area contributed by atoms with Gasteiger partial charge in [-0.1, -0.05) is 12.1 Å². The van der Waals surface area contributed by atoms with Gasteiger partial charge in [-0.2, -0.15) is 10.2 Å². The molecule has 0 saturated heterocycles. The molecule has 1 atom stereocenters. The average molecular weight is 411 g/mol. The van der Waals surface area contributed by atoms with Crippen LogP contribution in [0.4, 0.5) is 5.69 Å². The lowest BCUT2D eigenvalue weighted by Gasteiger charge is -2.23. The molecule has 0 saturated carbocycles. The van der Waals surface area contributed by atoms with E-state index in [-0.39, 0.29) is 16.7 Å². The van der Waals surface area contributed by atoms with E-state index in [1.165, 1.54) is 12.1 Å². The van der Waals surface area contributed by atoms with Gasteiger partial charge in [0, 0.05) is 30.8 Å². The predicted octanol–water partition coefficient (Wildman–Crippen LogP) is 2.44. The molecule has 9 heteroatoms. The van der Waals surface area contributed by atoms with Crippen LogP contribution in [0.15, 0.2) is 64.7 Å². The first-order valence-corrected chi connectivity index (χ1v) is 10.6. The van der Waals surface area contributed by atoms with Crippen molar-refractivity contribution in [2.75, 3.05) is 5.01 Å². The molecule has 0 aliphatic carbocycles. The number of aromatic hydroxyl groups is 1. The number of aryl methyl sites for hydroxylation is 2. The molecule has 3 N–H and O–H groups in total. The number of anilines is 1. The highest BCUT2D eigenvalue weighted by Gasteiger charge is 2.32. The van der Waals surface area contributed by atoms with E-state index in [4.69, 9.17) is 10.2 Å². The Labute approximate surface area is 168 Å². The zero-order valence-corrected chi connectivity index (χ0v) is 16.8. The van der Waals surface area contributed by atoms with Gasteiger partial charge in [-0.25, -0.2) is 13.6 Å². The maximum absolute atomic E-state index is 11.6. The van der Waals surface area contributed by atoms with E-state index >= 15 is 0 Å². The number of primary sulfonamides is 1. The summed E-state index contributed by atoms with van der Waals surface area (Å²) in [5.41, 5.74) is 4.32. The van der Waals surface area contributed by atoms with Crippen molar-refractivity contribution < 1.29 is 13.5 Å². The molecule has 0 fully saturated rings. The van der Waals surface area contributed by atoms with Crippen LogP contribution in [-0.4, -0.2) is 29.0 Å². The van der Waals surface area contributed by atoms with Crippen LogP contribution in [0.25, 0.3) is 0 Å². The molecule has 2 aromatic carbocycles. The van der Waals surface area contributed by atoms with Gasteiger partial charge in [0.2, 0.25) is 10.0 Å². The summed E-state index contributed by atoms with van der Waals surface area (Å²) in [5.74, 6) is 0.176. The highest BCUT2D eigenvalue weighted by molar-refractivity contribution is 7.89. The van der Waals surface area contributed by atoms with Crippen molar-refractivity contribution in [3.63, 3.8) is 0 Å². The second kappa shape index (κ2) is 7.02. The van der Waals surface area contributed by atoms with E-state index in [1.807, 2.05) is 31.2 Å². The second-order valence-electron chi connectivity index (χ2n) is 7.04. The Morgan fingerprint density at radius 3 is 2.48 bits per heavy atom. The Hall–Kier alpha value is -3.17. The Balaban J connectivity index is 1.78. The first-order chi connectivity index (χ1) is 13.7. The SMILES string of the molecule is Cc1nn(C)cc1[C@H]1CC(c2cccc(O)c2)=NN1c1ccc(S(N)(=O)=O)cc1. The fraction of sp³-hybridized carbons (Fsp3) is 0.200. The highest BCUT2D eigenvalue weighted by atomic mass is 32.2. The minimum Gasteiger partial charge on any atom is -0.508 e. The number of benzene rings is 2. The number of hydrazone groups is 1. The van der Waals surface area contributed by atoms with Gasteiger partial charge in [-0.15, -0.1) is 0 Å². The third-order valence-electron chi connectivity index (χ3n) is 4.93. The standard InChI is InChI=1S/C20H21N5O3S/c1-13-18(12-24(2)22-13)20-11-19(14-4-3-5-16(26)10-14)23-25(20)15-6-8-17(9-7-15)29(21,27)28/h3-10,12,20,26H,11H2,1-2H3,(H2,21,27,28)/t20-/m1/s1. The van der Waals surface area contributed by atoms with Gasteiger partial charge in [0.1, 0.15) is 5.75 Å². The molecule has 0 unspecified atom stereocenters. The van der Waals surface area contributed by atoms with Gasteiger partial charge in [0.05, 0.1) is 28.0 Å².